The monoisotopic (exact) mass is 321 g/mol. The van der Waals surface area contributed by atoms with Gasteiger partial charge in [-0.15, -0.1) is 0 Å². The van der Waals surface area contributed by atoms with Crippen molar-refractivity contribution in [3.63, 3.8) is 0 Å². The number of allylic oxidation sites excluding steroid dienone is 4. The van der Waals surface area contributed by atoms with E-state index in [-0.39, 0.29) is 12.5 Å². The smallest absolute Gasteiger partial charge is 0.220 e. The fourth-order valence-corrected chi connectivity index (χ4v) is 2.34. The van der Waals surface area contributed by atoms with Gasteiger partial charge in [-0.2, -0.15) is 0 Å². The highest BCUT2D eigenvalue weighted by atomic mass is 16.2. The number of amides is 1. The Morgan fingerprint density at radius 2 is 1.43 bits per heavy atom. The second kappa shape index (κ2) is 18.7. The van der Waals surface area contributed by atoms with E-state index < -0.39 is 0 Å². The summed E-state index contributed by atoms with van der Waals surface area (Å²) in [6, 6.07) is 0. The standard InChI is InChI=1S/C20H35NO2/c1-2-3-4-5-6-7-8-9-10-11-12-13-14-15-16-17-20(23)21-18-19-22/h6-7,9-10,19H,2-5,8,11-18H2,1H3,(H,21,23)/b7-6-,10-9-. The summed E-state index contributed by atoms with van der Waals surface area (Å²) in [6.45, 7) is 2.37. The van der Waals surface area contributed by atoms with Crippen LogP contribution < -0.4 is 5.32 Å². The lowest BCUT2D eigenvalue weighted by Gasteiger charge is -2.01. The van der Waals surface area contributed by atoms with Gasteiger partial charge >= 0.3 is 0 Å². The Morgan fingerprint density at radius 3 is 2.09 bits per heavy atom. The molecule has 132 valence electrons. The molecule has 23 heavy (non-hydrogen) atoms. The number of carbonyl (C=O) groups is 2. The van der Waals surface area contributed by atoms with Crippen LogP contribution in [0.25, 0.3) is 0 Å². The highest BCUT2D eigenvalue weighted by molar-refractivity contribution is 5.78. The van der Waals surface area contributed by atoms with E-state index in [1.807, 2.05) is 0 Å². The number of carbonyl (C=O) groups excluding carboxylic acids is 2. The van der Waals surface area contributed by atoms with Crippen LogP contribution in [0.2, 0.25) is 0 Å². The van der Waals surface area contributed by atoms with Crippen LogP contribution in [0.15, 0.2) is 24.3 Å². The van der Waals surface area contributed by atoms with Gasteiger partial charge in [-0.05, 0) is 38.5 Å². The zero-order chi connectivity index (χ0) is 17.0. The fraction of sp³-hybridized carbons (Fsp3) is 0.700. The molecule has 0 aliphatic carbocycles. The van der Waals surface area contributed by atoms with Gasteiger partial charge in [0.25, 0.3) is 0 Å². The summed E-state index contributed by atoms with van der Waals surface area (Å²) < 4.78 is 0. The van der Waals surface area contributed by atoms with Crippen molar-refractivity contribution in [1.29, 1.82) is 0 Å². The third-order valence-electron chi connectivity index (χ3n) is 3.74. The van der Waals surface area contributed by atoms with Crippen LogP contribution in [-0.2, 0) is 9.59 Å². The Kier molecular flexibility index (Phi) is 17.5. The number of rotatable bonds is 16. The van der Waals surface area contributed by atoms with E-state index in [4.69, 9.17) is 0 Å². The van der Waals surface area contributed by atoms with E-state index in [1.165, 1.54) is 44.9 Å². The molecule has 3 nitrogen and oxygen atoms in total. The molecule has 0 fully saturated rings. The van der Waals surface area contributed by atoms with E-state index in [1.54, 1.807) is 0 Å². The van der Waals surface area contributed by atoms with Gasteiger partial charge in [-0.1, -0.05) is 63.3 Å². The lowest BCUT2D eigenvalue weighted by atomic mass is 10.1. The number of hydrogen-bond donors (Lipinski definition) is 1. The molecule has 0 aromatic rings. The average Bonchev–Trinajstić information content (AvgIpc) is 2.56. The molecule has 0 saturated carbocycles. The van der Waals surface area contributed by atoms with Crippen molar-refractivity contribution < 1.29 is 9.59 Å². The molecule has 0 aliphatic heterocycles. The second-order valence-electron chi connectivity index (χ2n) is 5.95. The van der Waals surface area contributed by atoms with Crippen molar-refractivity contribution in [3.8, 4) is 0 Å². The predicted molar refractivity (Wildman–Crippen MR) is 98.4 cm³/mol. The number of unbranched alkanes of at least 4 members (excludes halogenated alkanes) is 8. The first kappa shape index (κ1) is 21.6. The molecule has 3 heteroatoms. The van der Waals surface area contributed by atoms with E-state index in [2.05, 4.69) is 36.5 Å². The van der Waals surface area contributed by atoms with E-state index in [0.29, 0.717) is 12.7 Å². The molecule has 0 aliphatic rings. The van der Waals surface area contributed by atoms with Gasteiger partial charge in [-0.25, -0.2) is 0 Å². The maximum Gasteiger partial charge on any atom is 0.220 e. The molecule has 0 heterocycles. The van der Waals surface area contributed by atoms with Crippen molar-refractivity contribution in [2.45, 2.75) is 84.0 Å². The predicted octanol–water partition coefficient (Wildman–Crippen LogP) is 5.12. The minimum Gasteiger partial charge on any atom is -0.349 e. The molecule has 1 N–H and O–H groups in total. The Labute approximate surface area is 142 Å². The molecular formula is C20H35NO2. The Bertz CT molecular complexity index is 335. The summed E-state index contributed by atoms with van der Waals surface area (Å²) >= 11 is 0. The van der Waals surface area contributed by atoms with Crippen LogP contribution in [0.3, 0.4) is 0 Å². The lowest BCUT2D eigenvalue weighted by Crippen LogP contribution is -2.24. The summed E-state index contributed by atoms with van der Waals surface area (Å²) in [5.41, 5.74) is 0. The molecule has 0 saturated heterocycles. The normalized spacial score (nSPS) is 11.3. The zero-order valence-corrected chi connectivity index (χ0v) is 14.9. The fourth-order valence-electron chi connectivity index (χ4n) is 2.34. The maximum atomic E-state index is 11.3. The van der Waals surface area contributed by atoms with Crippen LogP contribution in [-0.4, -0.2) is 18.7 Å². The van der Waals surface area contributed by atoms with Crippen LogP contribution in [0.4, 0.5) is 0 Å². The van der Waals surface area contributed by atoms with Crippen molar-refractivity contribution in [2.24, 2.45) is 0 Å². The lowest BCUT2D eigenvalue weighted by molar-refractivity contribution is -0.122. The quantitative estimate of drug-likeness (QED) is 0.244. The first-order valence-corrected chi connectivity index (χ1v) is 9.31. The number of aldehydes is 1. The van der Waals surface area contributed by atoms with Crippen molar-refractivity contribution in [3.05, 3.63) is 24.3 Å². The molecule has 0 rings (SSSR count). The van der Waals surface area contributed by atoms with E-state index in [9.17, 15) is 9.59 Å². The maximum absolute atomic E-state index is 11.3. The summed E-state index contributed by atoms with van der Waals surface area (Å²) in [7, 11) is 0. The number of nitrogens with one attached hydrogen (secondary N) is 1. The van der Waals surface area contributed by atoms with E-state index in [0.717, 1.165) is 25.7 Å². The topological polar surface area (TPSA) is 46.2 Å². The summed E-state index contributed by atoms with van der Waals surface area (Å²) in [5, 5.41) is 2.56. The van der Waals surface area contributed by atoms with Crippen molar-refractivity contribution >= 4 is 12.2 Å². The molecule has 0 unspecified atom stereocenters. The van der Waals surface area contributed by atoms with Gasteiger partial charge in [0.1, 0.15) is 6.29 Å². The average molecular weight is 322 g/mol. The molecule has 1 amide bonds. The molecule has 0 atom stereocenters. The number of hydrogen-bond acceptors (Lipinski definition) is 2. The third kappa shape index (κ3) is 18.6. The van der Waals surface area contributed by atoms with Gasteiger partial charge in [0, 0.05) is 6.42 Å². The highest BCUT2D eigenvalue weighted by Crippen LogP contribution is 2.08. The molecule has 0 radical (unpaired) electrons. The second-order valence-corrected chi connectivity index (χ2v) is 5.95. The molecule has 0 aromatic carbocycles. The molecule has 0 bridgehead atoms. The third-order valence-corrected chi connectivity index (χ3v) is 3.74. The van der Waals surface area contributed by atoms with Crippen molar-refractivity contribution in [2.75, 3.05) is 6.54 Å². The van der Waals surface area contributed by atoms with Crippen molar-refractivity contribution in [1.82, 2.24) is 5.32 Å². The van der Waals surface area contributed by atoms with Crippen LogP contribution in [0.5, 0.6) is 0 Å². The minimum atomic E-state index is -0.0113. The van der Waals surface area contributed by atoms with Gasteiger partial charge in [-0.3, -0.25) is 4.79 Å². The van der Waals surface area contributed by atoms with Crippen LogP contribution >= 0.6 is 0 Å². The Morgan fingerprint density at radius 1 is 0.826 bits per heavy atom. The molecule has 0 spiro atoms. The van der Waals surface area contributed by atoms with Crippen LogP contribution in [0, 0.1) is 0 Å². The van der Waals surface area contributed by atoms with Gasteiger partial charge in [0.15, 0.2) is 0 Å². The molecular weight excluding hydrogens is 286 g/mol. The molecule has 0 aromatic heterocycles. The largest absolute Gasteiger partial charge is 0.349 e. The summed E-state index contributed by atoms with van der Waals surface area (Å²) in [6.07, 6.45) is 23.4. The zero-order valence-electron chi connectivity index (χ0n) is 14.9. The SMILES string of the molecule is CCCCC/C=C\C/C=C\CCCCCCCC(=O)NCC=O. The summed E-state index contributed by atoms with van der Waals surface area (Å²) in [5.74, 6) is -0.0113. The first-order chi connectivity index (χ1) is 11.3. The van der Waals surface area contributed by atoms with Gasteiger partial charge in [0.2, 0.25) is 5.91 Å². The van der Waals surface area contributed by atoms with Gasteiger partial charge < -0.3 is 10.1 Å². The van der Waals surface area contributed by atoms with Crippen LogP contribution in [0.1, 0.15) is 84.0 Å². The van der Waals surface area contributed by atoms with E-state index >= 15 is 0 Å². The Hall–Kier alpha value is -1.38. The van der Waals surface area contributed by atoms with Gasteiger partial charge in [0.05, 0.1) is 6.54 Å². The minimum absolute atomic E-state index is 0.0113. The highest BCUT2D eigenvalue weighted by Gasteiger charge is 1.99. The Balaban J connectivity index is 3.24. The first-order valence-electron chi connectivity index (χ1n) is 9.31. The summed E-state index contributed by atoms with van der Waals surface area (Å²) in [4.78, 5) is 21.3.